The maximum Gasteiger partial charge on any atom is 0.327 e. The minimum Gasteiger partial charge on any atom is -0.342 e. The fourth-order valence-corrected chi connectivity index (χ4v) is 7.91. The van der Waals surface area contributed by atoms with Crippen molar-refractivity contribution >= 4 is 17.8 Å². The van der Waals surface area contributed by atoms with Crippen molar-refractivity contribution in [1.82, 2.24) is 19.6 Å². The van der Waals surface area contributed by atoms with Crippen molar-refractivity contribution in [2.75, 3.05) is 32.9 Å². The monoisotopic (exact) mass is 540 g/mol. The second-order valence-electron chi connectivity index (χ2n) is 13.7. The highest BCUT2D eigenvalue weighted by molar-refractivity contribution is 6.07. The van der Waals surface area contributed by atoms with Crippen molar-refractivity contribution in [3.63, 3.8) is 0 Å². The summed E-state index contributed by atoms with van der Waals surface area (Å²) < 4.78 is 13.3. The number of likely N-dealkylation sites (tertiary alicyclic amines) is 1. The van der Waals surface area contributed by atoms with Crippen molar-refractivity contribution in [3.05, 3.63) is 35.9 Å². The first-order chi connectivity index (χ1) is 18.4. The molecule has 0 aliphatic carbocycles. The third-order valence-electron chi connectivity index (χ3n) is 9.43. The molecule has 0 aromatic heterocycles. The molecule has 4 atom stereocenters. The summed E-state index contributed by atoms with van der Waals surface area (Å²) in [6, 6.07) is 10.5. The van der Waals surface area contributed by atoms with Crippen LogP contribution in [0.4, 0.5) is 9.18 Å². The minimum absolute atomic E-state index is 0.0543. The molecular formula is C31H45FN4O3. The Morgan fingerprint density at radius 2 is 1.69 bits per heavy atom. The van der Waals surface area contributed by atoms with Gasteiger partial charge in [-0.2, -0.15) is 0 Å². The standard InChI is InChI=1S/C31H45FN4O3/c1-21(2)36-29(39)34(14-13-32)28(38)31(36)15-24-11-12-25(16-31)35(24)19-23-18-33(27(37)17-30(3,4)5)20-26(23)22-9-7-6-8-10-22/h6-10,21,23-26H,11-20H2,1-5H3/t23-,24?,25?,26-,31?/m1/s1. The molecule has 7 nitrogen and oxygen atoms in total. The van der Waals surface area contributed by atoms with Gasteiger partial charge in [-0.25, -0.2) is 9.18 Å². The summed E-state index contributed by atoms with van der Waals surface area (Å²) in [6.07, 6.45) is 3.74. The molecular weight excluding hydrogens is 495 g/mol. The van der Waals surface area contributed by atoms with E-state index in [0.717, 1.165) is 37.4 Å². The summed E-state index contributed by atoms with van der Waals surface area (Å²) >= 11 is 0. The molecule has 4 aliphatic rings. The molecule has 214 valence electrons. The highest BCUT2D eigenvalue weighted by Crippen LogP contribution is 2.49. The van der Waals surface area contributed by atoms with Crippen LogP contribution in [0, 0.1) is 11.3 Å². The van der Waals surface area contributed by atoms with Crippen molar-refractivity contribution in [2.45, 2.75) is 96.3 Å². The van der Waals surface area contributed by atoms with Crippen LogP contribution >= 0.6 is 0 Å². The Labute approximate surface area is 232 Å². The number of hydrogen-bond donors (Lipinski definition) is 0. The number of benzene rings is 1. The molecule has 2 bridgehead atoms. The summed E-state index contributed by atoms with van der Waals surface area (Å²) in [5.41, 5.74) is 0.353. The van der Waals surface area contributed by atoms with Gasteiger partial charge in [-0.15, -0.1) is 0 Å². The second-order valence-corrected chi connectivity index (χ2v) is 13.7. The van der Waals surface area contributed by atoms with Crippen LogP contribution in [0.25, 0.3) is 0 Å². The summed E-state index contributed by atoms with van der Waals surface area (Å²) in [5, 5.41) is 0. The topological polar surface area (TPSA) is 64.2 Å². The van der Waals surface area contributed by atoms with Crippen molar-refractivity contribution in [3.8, 4) is 0 Å². The fraction of sp³-hybridized carbons (Fsp3) is 0.710. The number of amides is 4. The van der Waals surface area contributed by atoms with Crippen LogP contribution < -0.4 is 0 Å². The molecule has 0 N–H and O–H groups in total. The van der Waals surface area contributed by atoms with Gasteiger partial charge < -0.3 is 9.80 Å². The molecule has 1 aromatic rings. The number of urea groups is 1. The number of carbonyl (C=O) groups excluding carboxylic acids is 3. The maximum atomic E-state index is 13.7. The van der Waals surface area contributed by atoms with E-state index in [4.69, 9.17) is 0 Å². The van der Waals surface area contributed by atoms with Crippen LogP contribution in [0.1, 0.15) is 78.2 Å². The van der Waals surface area contributed by atoms with Gasteiger partial charge in [-0.05, 0) is 56.4 Å². The lowest BCUT2D eigenvalue weighted by Crippen LogP contribution is -2.62. The van der Waals surface area contributed by atoms with Crippen LogP contribution in [0.3, 0.4) is 0 Å². The van der Waals surface area contributed by atoms with Gasteiger partial charge >= 0.3 is 6.03 Å². The van der Waals surface area contributed by atoms with Gasteiger partial charge in [0.15, 0.2) is 0 Å². The second kappa shape index (κ2) is 10.5. The number of hydrogen-bond acceptors (Lipinski definition) is 4. The Balaban J connectivity index is 1.37. The zero-order valence-electron chi connectivity index (χ0n) is 24.2. The zero-order valence-corrected chi connectivity index (χ0v) is 24.2. The molecule has 4 heterocycles. The molecule has 0 radical (unpaired) electrons. The van der Waals surface area contributed by atoms with Gasteiger partial charge in [0.2, 0.25) is 5.91 Å². The Morgan fingerprint density at radius 3 is 2.26 bits per heavy atom. The van der Waals surface area contributed by atoms with E-state index in [1.807, 2.05) is 19.9 Å². The van der Waals surface area contributed by atoms with E-state index >= 15 is 0 Å². The van der Waals surface area contributed by atoms with Crippen LogP contribution in [-0.2, 0) is 9.59 Å². The summed E-state index contributed by atoms with van der Waals surface area (Å²) in [7, 11) is 0. The van der Waals surface area contributed by atoms with Crippen LogP contribution in [0.15, 0.2) is 30.3 Å². The van der Waals surface area contributed by atoms with E-state index < -0.39 is 12.2 Å². The number of carbonyl (C=O) groups is 3. The van der Waals surface area contributed by atoms with Gasteiger partial charge in [-0.3, -0.25) is 19.4 Å². The maximum absolute atomic E-state index is 13.7. The van der Waals surface area contributed by atoms with Gasteiger partial charge in [0, 0.05) is 50.1 Å². The molecule has 4 saturated heterocycles. The zero-order chi connectivity index (χ0) is 28.1. The minimum atomic E-state index is -0.869. The number of nitrogens with zero attached hydrogens (tertiary/aromatic N) is 4. The Kier molecular flexibility index (Phi) is 7.55. The molecule has 1 aromatic carbocycles. The third-order valence-corrected chi connectivity index (χ3v) is 9.43. The third kappa shape index (κ3) is 5.09. The van der Waals surface area contributed by atoms with E-state index in [2.05, 4.69) is 54.8 Å². The predicted molar refractivity (Wildman–Crippen MR) is 149 cm³/mol. The molecule has 2 unspecified atom stereocenters. The average molecular weight is 541 g/mol. The van der Waals surface area contributed by atoms with Gasteiger partial charge in [-0.1, -0.05) is 51.1 Å². The predicted octanol–water partition coefficient (Wildman–Crippen LogP) is 4.67. The lowest BCUT2D eigenvalue weighted by atomic mass is 9.79. The van der Waals surface area contributed by atoms with Gasteiger partial charge in [0.05, 0.1) is 6.54 Å². The van der Waals surface area contributed by atoms with Gasteiger partial charge in [0.1, 0.15) is 12.2 Å². The SMILES string of the molecule is CC(C)N1C(=O)N(CCF)C(=O)C12CC1CCC(C2)N1C[C@H]1CN(C(=O)CC(C)(C)C)C[C@@H]1c1ccccc1. The number of piperidine rings is 1. The first-order valence-corrected chi connectivity index (χ1v) is 14.7. The average Bonchev–Trinajstić information content (AvgIpc) is 3.45. The van der Waals surface area contributed by atoms with Crippen LogP contribution in [0.2, 0.25) is 0 Å². The first-order valence-electron chi connectivity index (χ1n) is 14.7. The number of fused-ring (bicyclic) bond motifs is 2. The molecule has 1 spiro atoms. The van der Waals surface area contributed by atoms with E-state index in [-0.39, 0.29) is 53.8 Å². The molecule has 8 heteroatoms. The Bertz CT molecular complexity index is 1070. The summed E-state index contributed by atoms with van der Waals surface area (Å²) in [4.78, 5) is 47.7. The summed E-state index contributed by atoms with van der Waals surface area (Å²) in [6.45, 7) is 11.7. The highest BCUT2D eigenvalue weighted by atomic mass is 19.1. The van der Waals surface area contributed by atoms with E-state index in [9.17, 15) is 18.8 Å². The van der Waals surface area contributed by atoms with Crippen LogP contribution in [-0.4, -0.2) is 94.0 Å². The van der Waals surface area contributed by atoms with Gasteiger partial charge in [0.25, 0.3) is 5.91 Å². The normalized spacial score (nSPS) is 31.4. The van der Waals surface area contributed by atoms with E-state index in [1.54, 1.807) is 4.90 Å². The van der Waals surface area contributed by atoms with Crippen molar-refractivity contribution in [2.24, 2.45) is 11.3 Å². The summed E-state index contributed by atoms with van der Waals surface area (Å²) in [5.74, 6) is 0.588. The van der Waals surface area contributed by atoms with E-state index in [0.29, 0.717) is 25.2 Å². The smallest absolute Gasteiger partial charge is 0.327 e. The first kappa shape index (κ1) is 28.1. The van der Waals surface area contributed by atoms with Crippen LogP contribution in [0.5, 0.6) is 0 Å². The lowest BCUT2D eigenvalue weighted by molar-refractivity contribution is -0.138. The Hall–Kier alpha value is -2.48. The molecule has 5 rings (SSSR count). The van der Waals surface area contributed by atoms with Crippen molar-refractivity contribution < 1.29 is 18.8 Å². The number of alkyl halides is 1. The molecule has 4 fully saturated rings. The largest absolute Gasteiger partial charge is 0.342 e. The highest BCUT2D eigenvalue weighted by Gasteiger charge is 2.63. The molecule has 4 aliphatic heterocycles. The van der Waals surface area contributed by atoms with Crippen molar-refractivity contribution in [1.29, 1.82) is 0 Å². The fourth-order valence-electron chi connectivity index (χ4n) is 7.91. The number of halogens is 1. The Morgan fingerprint density at radius 1 is 1.05 bits per heavy atom. The number of imide groups is 1. The number of rotatable bonds is 7. The lowest BCUT2D eigenvalue weighted by Gasteiger charge is -2.48. The quantitative estimate of drug-likeness (QED) is 0.472. The molecule has 39 heavy (non-hydrogen) atoms. The van der Waals surface area contributed by atoms with E-state index in [1.165, 1.54) is 5.56 Å². The molecule has 4 amide bonds. The molecule has 0 saturated carbocycles.